The van der Waals surface area contributed by atoms with Crippen LogP contribution in [0.5, 0.6) is 5.75 Å². The Morgan fingerprint density at radius 1 is 0.824 bits per heavy atom. The first kappa shape index (κ1) is 22.2. The minimum absolute atomic E-state index is 0.305. The molecule has 0 saturated carbocycles. The zero-order valence-electron chi connectivity index (χ0n) is 19.4. The Balaban J connectivity index is 1.52. The molecule has 1 N–H and O–H groups in total. The second-order valence-electron chi connectivity index (χ2n) is 8.54. The number of hydrogen-bond donors (Lipinski definition) is 0. The summed E-state index contributed by atoms with van der Waals surface area (Å²) in [7, 11) is -2.04. The molecule has 0 atom stereocenters. The summed E-state index contributed by atoms with van der Waals surface area (Å²) in [5.41, 5.74) is 3.85. The van der Waals surface area contributed by atoms with Gasteiger partial charge in [0.05, 0.1) is 23.1 Å². The van der Waals surface area contributed by atoms with Crippen molar-refractivity contribution in [3.8, 4) is 5.75 Å². The van der Waals surface area contributed by atoms with E-state index < -0.39 is 9.84 Å². The Morgan fingerprint density at radius 3 is 2.15 bits per heavy atom. The number of aromatic amines is 1. The van der Waals surface area contributed by atoms with Gasteiger partial charge in [0.15, 0.2) is 11.1 Å². The van der Waals surface area contributed by atoms with Crippen molar-refractivity contribution in [2.45, 2.75) is 16.7 Å². The predicted octanol–water partition coefficient (Wildman–Crippen LogP) is 4.13. The second-order valence-corrected chi connectivity index (χ2v) is 10.5. The first-order valence-electron chi connectivity index (χ1n) is 11.4. The third-order valence-electron chi connectivity index (χ3n) is 6.43. The van der Waals surface area contributed by atoms with Gasteiger partial charge in [-0.15, -0.1) is 0 Å². The SMILES string of the molecule is COc1ccc(N2CCN(c3c(S(=O)(=O)c4ccc(C)cc4)c[nH+]c4ccccc34)CC2)cc1. The topological polar surface area (TPSA) is 64.0 Å². The van der Waals surface area contributed by atoms with E-state index in [1.54, 1.807) is 25.4 Å². The minimum atomic E-state index is -3.70. The van der Waals surface area contributed by atoms with E-state index in [-0.39, 0.29) is 0 Å². The van der Waals surface area contributed by atoms with Gasteiger partial charge in [-0.05, 0) is 49.4 Å². The second kappa shape index (κ2) is 8.99. The van der Waals surface area contributed by atoms with Gasteiger partial charge in [0.25, 0.3) is 0 Å². The largest absolute Gasteiger partial charge is 0.497 e. The van der Waals surface area contributed by atoms with E-state index in [1.165, 1.54) is 0 Å². The van der Waals surface area contributed by atoms with Crippen LogP contribution >= 0.6 is 0 Å². The van der Waals surface area contributed by atoms with Gasteiger partial charge < -0.3 is 14.5 Å². The molecule has 0 amide bonds. The molecule has 1 aliphatic rings. The zero-order valence-corrected chi connectivity index (χ0v) is 20.2. The zero-order chi connectivity index (χ0) is 23.7. The van der Waals surface area contributed by atoms with Crippen LogP contribution in [0.2, 0.25) is 0 Å². The maximum Gasteiger partial charge on any atom is 0.214 e. The Morgan fingerprint density at radius 2 is 1.47 bits per heavy atom. The molecule has 4 aromatic rings. The van der Waals surface area contributed by atoms with Gasteiger partial charge in [0.1, 0.15) is 5.75 Å². The standard InChI is InChI=1S/C27H27N3O3S/c1-20-7-13-23(14-8-20)34(31,32)26-19-28-25-6-4-3-5-24(25)27(26)30-17-15-29(16-18-30)21-9-11-22(33-2)12-10-21/h3-14,19H,15-18H2,1-2H3/p+1. The number of ether oxygens (including phenoxy) is 1. The van der Waals surface area contributed by atoms with Crippen LogP contribution < -0.4 is 19.5 Å². The first-order valence-corrected chi connectivity index (χ1v) is 12.8. The average molecular weight is 475 g/mol. The smallest absolute Gasteiger partial charge is 0.214 e. The predicted molar refractivity (Wildman–Crippen MR) is 135 cm³/mol. The van der Waals surface area contributed by atoms with Crippen molar-refractivity contribution in [1.82, 2.24) is 0 Å². The fourth-order valence-corrected chi connectivity index (χ4v) is 5.97. The highest BCUT2D eigenvalue weighted by molar-refractivity contribution is 7.91. The summed E-state index contributed by atoms with van der Waals surface area (Å²) < 4.78 is 32.7. The van der Waals surface area contributed by atoms with Gasteiger partial charge in [0.2, 0.25) is 15.4 Å². The number of aromatic nitrogens is 1. The Bertz CT molecular complexity index is 1410. The lowest BCUT2D eigenvalue weighted by molar-refractivity contribution is -0.347. The molecule has 0 aliphatic carbocycles. The van der Waals surface area contributed by atoms with Crippen LogP contribution in [0.3, 0.4) is 0 Å². The molecule has 7 heteroatoms. The summed E-state index contributed by atoms with van der Waals surface area (Å²) in [6, 6.07) is 23.0. The number of benzene rings is 3. The molecule has 1 saturated heterocycles. The normalized spacial score (nSPS) is 14.4. The van der Waals surface area contributed by atoms with Gasteiger partial charge in [-0.2, -0.15) is 0 Å². The van der Waals surface area contributed by atoms with Gasteiger partial charge in [-0.1, -0.05) is 29.8 Å². The molecular weight excluding hydrogens is 446 g/mol. The molecule has 1 fully saturated rings. The van der Waals surface area contributed by atoms with Crippen LogP contribution in [-0.2, 0) is 9.84 Å². The van der Waals surface area contributed by atoms with E-state index >= 15 is 0 Å². The van der Waals surface area contributed by atoms with Crippen molar-refractivity contribution < 1.29 is 18.1 Å². The Kier molecular flexibility index (Phi) is 5.87. The molecule has 3 aromatic carbocycles. The van der Waals surface area contributed by atoms with Crippen LogP contribution in [0, 0.1) is 6.92 Å². The van der Waals surface area contributed by atoms with Crippen molar-refractivity contribution in [2.75, 3.05) is 43.1 Å². The molecule has 174 valence electrons. The Hall–Kier alpha value is -3.58. The van der Waals surface area contributed by atoms with E-state index in [9.17, 15) is 8.42 Å². The van der Waals surface area contributed by atoms with Crippen LogP contribution in [0.15, 0.2) is 88.8 Å². The number of fused-ring (bicyclic) bond motifs is 1. The highest BCUT2D eigenvalue weighted by atomic mass is 32.2. The third kappa shape index (κ3) is 4.07. The van der Waals surface area contributed by atoms with E-state index in [0.717, 1.165) is 59.8 Å². The molecule has 1 aliphatic heterocycles. The maximum atomic E-state index is 13.7. The number of nitrogens with one attached hydrogen (secondary N) is 1. The number of piperazine rings is 1. The number of anilines is 2. The molecule has 0 unspecified atom stereocenters. The number of aryl methyl sites for hydroxylation is 1. The number of pyridine rings is 1. The molecule has 34 heavy (non-hydrogen) atoms. The van der Waals surface area contributed by atoms with E-state index in [1.807, 2.05) is 55.5 Å². The van der Waals surface area contributed by atoms with Crippen molar-refractivity contribution in [2.24, 2.45) is 0 Å². The van der Waals surface area contributed by atoms with Crippen LogP contribution in [0.4, 0.5) is 11.4 Å². The number of methoxy groups -OCH3 is 1. The molecule has 0 radical (unpaired) electrons. The number of H-pyrrole nitrogens is 1. The fourth-order valence-electron chi connectivity index (χ4n) is 4.52. The molecule has 6 nitrogen and oxygen atoms in total. The van der Waals surface area contributed by atoms with E-state index in [2.05, 4.69) is 26.9 Å². The van der Waals surface area contributed by atoms with Crippen molar-refractivity contribution in [3.63, 3.8) is 0 Å². The lowest BCUT2D eigenvalue weighted by Gasteiger charge is -2.38. The molecule has 0 bridgehead atoms. The highest BCUT2D eigenvalue weighted by Crippen LogP contribution is 2.35. The van der Waals surface area contributed by atoms with Crippen LogP contribution in [0.1, 0.15) is 5.56 Å². The van der Waals surface area contributed by atoms with Crippen molar-refractivity contribution >= 4 is 32.1 Å². The third-order valence-corrected chi connectivity index (χ3v) is 8.21. The first-order chi connectivity index (χ1) is 16.5. The van der Waals surface area contributed by atoms with Gasteiger partial charge >= 0.3 is 0 Å². The molecular formula is C27H28N3O3S+. The number of nitrogens with zero attached hydrogens (tertiary/aromatic N) is 2. The fraction of sp³-hybridized carbons (Fsp3) is 0.222. The molecule has 2 heterocycles. The van der Waals surface area contributed by atoms with Crippen LogP contribution in [-0.4, -0.2) is 41.7 Å². The highest BCUT2D eigenvalue weighted by Gasteiger charge is 2.31. The molecule has 0 spiro atoms. The summed E-state index contributed by atoms with van der Waals surface area (Å²) in [5, 5.41) is 0.911. The lowest BCUT2D eigenvalue weighted by atomic mass is 10.1. The quantitative estimate of drug-likeness (QED) is 0.435. The average Bonchev–Trinajstić information content (AvgIpc) is 2.88. The summed E-state index contributed by atoms with van der Waals surface area (Å²) in [4.78, 5) is 8.35. The van der Waals surface area contributed by atoms with Crippen molar-refractivity contribution in [3.05, 3.63) is 84.6 Å². The summed E-state index contributed by atoms with van der Waals surface area (Å²) in [6.45, 7) is 4.98. The number of para-hydroxylation sites is 1. The van der Waals surface area contributed by atoms with E-state index in [4.69, 9.17) is 4.74 Å². The van der Waals surface area contributed by atoms with Crippen molar-refractivity contribution in [1.29, 1.82) is 0 Å². The minimum Gasteiger partial charge on any atom is -0.497 e. The van der Waals surface area contributed by atoms with Gasteiger partial charge in [-0.3, -0.25) is 0 Å². The number of hydrogen-bond acceptors (Lipinski definition) is 5. The summed E-state index contributed by atoms with van der Waals surface area (Å²) >= 11 is 0. The van der Waals surface area contributed by atoms with Crippen LogP contribution in [0.25, 0.3) is 10.9 Å². The number of rotatable bonds is 5. The molecule has 1 aromatic heterocycles. The van der Waals surface area contributed by atoms with Gasteiger partial charge in [-0.25, -0.2) is 13.4 Å². The maximum absolute atomic E-state index is 13.7. The monoisotopic (exact) mass is 474 g/mol. The number of sulfone groups is 1. The molecule has 5 rings (SSSR count). The summed E-state index contributed by atoms with van der Waals surface area (Å²) in [6.07, 6.45) is 1.64. The van der Waals surface area contributed by atoms with Gasteiger partial charge in [0, 0.05) is 37.9 Å². The summed E-state index contributed by atoms with van der Waals surface area (Å²) in [5.74, 6) is 0.834. The lowest BCUT2D eigenvalue weighted by Crippen LogP contribution is -2.47. The van der Waals surface area contributed by atoms with E-state index in [0.29, 0.717) is 9.79 Å². The Labute approximate surface area is 200 Å².